The Morgan fingerprint density at radius 3 is 2.47 bits per heavy atom. The molecule has 0 radical (unpaired) electrons. The maximum Gasteiger partial charge on any atom is 0.257 e. The second kappa shape index (κ2) is 6.29. The number of nitrogens with one attached hydrogen (secondary N) is 1. The maximum atomic E-state index is 11.4. The van der Waals surface area contributed by atoms with Crippen LogP contribution in [0.4, 0.5) is 5.69 Å². The predicted molar refractivity (Wildman–Crippen MR) is 81.0 cm³/mol. The van der Waals surface area contributed by atoms with Crippen molar-refractivity contribution in [1.82, 2.24) is 0 Å². The van der Waals surface area contributed by atoms with Gasteiger partial charge in [-0.05, 0) is 23.8 Å². The number of carbonyl (C=O) groups is 1. The lowest BCUT2D eigenvalue weighted by Gasteiger charge is -2.09. The third-order valence-corrected chi connectivity index (χ3v) is 3.24. The smallest absolute Gasteiger partial charge is 0.257 e. The molecule has 2 nitrogen and oxygen atoms in total. The summed E-state index contributed by atoms with van der Waals surface area (Å²) in [6.45, 7) is 0. The van der Waals surface area contributed by atoms with Gasteiger partial charge in [-0.2, -0.15) is 0 Å². The van der Waals surface area contributed by atoms with E-state index in [1.165, 1.54) is 0 Å². The lowest BCUT2D eigenvalue weighted by molar-refractivity contribution is -0.114. The van der Waals surface area contributed by atoms with Gasteiger partial charge in [0.25, 0.3) is 5.91 Å². The van der Waals surface area contributed by atoms with Crippen molar-refractivity contribution in [3.63, 3.8) is 0 Å². The molecule has 1 N–H and O–H groups in total. The van der Waals surface area contributed by atoms with E-state index in [1.54, 1.807) is 6.07 Å². The minimum Gasteiger partial charge on any atom is -0.324 e. The quantitative estimate of drug-likeness (QED) is 0.814. The molecule has 98 valence electrons. The molecule has 0 aromatic heterocycles. The lowest BCUT2D eigenvalue weighted by Crippen LogP contribution is -2.18. The molecule has 2 aromatic carbocycles. The number of carbonyl (C=O) groups excluding carboxylic acids is 1. The Kier molecular flexibility index (Phi) is 4.70. The van der Waals surface area contributed by atoms with E-state index in [0.29, 0.717) is 10.7 Å². The summed E-state index contributed by atoms with van der Waals surface area (Å²) in [5.41, 5.74) is 2.42. The van der Waals surface area contributed by atoms with Gasteiger partial charge in [-0.25, -0.2) is 0 Å². The minimum atomic E-state index is -1.09. The lowest BCUT2D eigenvalue weighted by atomic mass is 10.1. The molecule has 1 amide bonds. The van der Waals surface area contributed by atoms with E-state index in [4.69, 9.17) is 34.8 Å². The molecule has 5 heteroatoms. The summed E-state index contributed by atoms with van der Waals surface area (Å²) >= 11 is 17.1. The fourth-order valence-electron chi connectivity index (χ4n) is 1.66. The SMILES string of the molecule is O=C(Nc1cccc(-c2ccccc2Cl)c1)C(Cl)Cl. The number of amides is 1. The molecule has 2 aromatic rings. The van der Waals surface area contributed by atoms with E-state index in [9.17, 15) is 4.79 Å². The molecule has 0 saturated carbocycles. The van der Waals surface area contributed by atoms with Crippen LogP contribution in [0.2, 0.25) is 5.02 Å². The van der Waals surface area contributed by atoms with Gasteiger partial charge in [-0.3, -0.25) is 4.79 Å². The van der Waals surface area contributed by atoms with Crippen molar-refractivity contribution in [2.75, 3.05) is 5.32 Å². The van der Waals surface area contributed by atoms with Gasteiger partial charge in [0.1, 0.15) is 0 Å². The highest BCUT2D eigenvalue weighted by atomic mass is 35.5. The molecule has 0 fully saturated rings. The third kappa shape index (κ3) is 3.63. The van der Waals surface area contributed by atoms with Gasteiger partial charge in [0.2, 0.25) is 0 Å². The van der Waals surface area contributed by atoms with Gasteiger partial charge in [-0.1, -0.05) is 65.1 Å². The monoisotopic (exact) mass is 313 g/mol. The molecule has 0 bridgehead atoms. The van der Waals surface area contributed by atoms with E-state index < -0.39 is 10.7 Å². The zero-order valence-corrected chi connectivity index (χ0v) is 12.0. The van der Waals surface area contributed by atoms with Crippen LogP contribution >= 0.6 is 34.8 Å². The second-order valence-electron chi connectivity index (χ2n) is 3.85. The molecular weight excluding hydrogens is 305 g/mol. The molecule has 0 aliphatic carbocycles. The summed E-state index contributed by atoms with van der Waals surface area (Å²) in [5.74, 6) is -0.459. The molecular formula is C14H10Cl3NO. The van der Waals surface area contributed by atoms with Crippen LogP contribution in [-0.2, 0) is 4.79 Å². The highest BCUT2D eigenvalue weighted by Crippen LogP contribution is 2.29. The second-order valence-corrected chi connectivity index (χ2v) is 5.35. The summed E-state index contributed by atoms with van der Waals surface area (Å²) in [4.78, 5) is 10.3. The highest BCUT2D eigenvalue weighted by Gasteiger charge is 2.11. The number of hydrogen-bond acceptors (Lipinski definition) is 1. The van der Waals surface area contributed by atoms with E-state index in [1.807, 2.05) is 42.5 Å². The molecule has 0 aliphatic heterocycles. The Labute approximate surface area is 126 Å². The van der Waals surface area contributed by atoms with E-state index in [0.717, 1.165) is 11.1 Å². The first-order valence-corrected chi connectivity index (χ1v) is 6.77. The van der Waals surface area contributed by atoms with Gasteiger partial charge in [0, 0.05) is 16.3 Å². The van der Waals surface area contributed by atoms with Crippen molar-refractivity contribution in [1.29, 1.82) is 0 Å². The van der Waals surface area contributed by atoms with Gasteiger partial charge in [-0.15, -0.1) is 0 Å². The summed E-state index contributed by atoms with van der Waals surface area (Å²) < 4.78 is 0. The number of halogens is 3. The predicted octanol–water partition coefficient (Wildman–Crippen LogP) is 4.75. The first-order valence-electron chi connectivity index (χ1n) is 5.52. The van der Waals surface area contributed by atoms with Gasteiger partial charge in [0.15, 0.2) is 4.84 Å². The number of anilines is 1. The number of hydrogen-bond donors (Lipinski definition) is 1. The first kappa shape index (κ1) is 14.2. The topological polar surface area (TPSA) is 29.1 Å². The largest absolute Gasteiger partial charge is 0.324 e. The zero-order valence-electron chi connectivity index (χ0n) is 9.74. The highest BCUT2D eigenvalue weighted by molar-refractivity contribution is 6.54. The Morgan fingerprint density at radius 2 is 1.79 bits per heavy atom. The van der Waals surface area contributed by atoms with Crippen LogP contribution < -0.4 is 5.32 Å². The Bertz CT molecular complexity index is 599. The molecule has 0 spiro atoms. The van der Waals surface area contributed by atoms with Crippen molar-refractivity contribution < 1.29 is 4.79 Å². The first-order chi connectivity index (χ1) is 9.08. The van der Waals surface area contributed by atoms with Crippen LogP contribution in [0.5, 0.6) is 0 Å². The van der Waals surface area contributed by atoms with Crippen LogP contribution in [-0.4, -0.2) is 10.7 Å². The molecule has 0 unspecified atom stereocenters. The van der Waals surface area contributed by atoms with E-state index >= 15 is 0 Å². The third-order valence-electron chi connectivity index (χ3n) is 2.51. The Morgan fingerprint density at radius 1 is 1.05 bits per heavy atom. The normalized spacial score (nSPS) is 10.5. The number of alkyl halides is 2. The standard InChI is InChI=1S/C14H10Cl3NO/c15-12-7-2-1-6-11(12)9-4-3-5-10(8-9)18-14(19)13(16)17/h1-8,13H,(H,18,19). The molecule has 0 saturated heterocycles. The van der Waals surface area contributed by atoms with Crippen LogP contribution in [0.1, 0.15) is 0 Å². The summed E-state index contributed by atoms with van der Waals surface area (Å²) in [5, 5.41) is 3.28. The van der Waals surface area contributed by atoms with Gasteiger partial charge < -0.3 is 5.32 Å². The van der Waals surface area contributed by atoms with Crippen molar-refractivity contribution in [3.8, 4) is 11.1 Å². The molecule has 0 heterocycles. The summed E-state index contributed by atoms with van der Waals surface area (Å²) in [6.07, 6.45) is 0. The number of rotatable bonds is 3. The van der Waals surface area contributed by atoms with Crippen molar-refractivity contribution in [2.45, 2.75) is 4.84 Å². The van der Waals surface area contributed by atoms with Crippen LogP contribution in [0.3, 0.4) is 0 Å². The molecule has 19 heavy (non-hydrogen) atoms. The van der Waals surface area contributed by atoms with Crippen molar-refractivity contribution in [2.24, 2.45) is 0 Å². The van der Waals surface area contributed by atoms with Crippen molar-refractivity contribution in [3.05, 3.63) is 53.6 Å². The fraction of sp³-hybridized carbons (Fsp3) is 0.0714. The van der Waals surface area contributed by atoms with E-state index in [-0.39, 0.29) is 0 Å². The zero-order chi connectivity index (χ0) is 13.8. The van der Waals surface area contributed by atoms with Crippen LogP contribution in [0, 0.1) is 0 Å². The molecule has 0 atom stereocenters. The summed E-state index contributed by atoms with van der Waals surface area (Å²) in [6, 6.07) is 14.8. The average molecular weight is 315 g/mol. The minimum absolute atomic E-state index is 0.459. The van der Waals surface area contributed by atoms with E-state index in [2.05, 4.69) is 5.32 Å². The Hall–Kier alpha value is -1.22. The van der Waals surface area contributed by atoms with Gasteiger partial charge >= 0.3 is 0 Å². The average Bonchev–Trinajstić information content (AvgIpc) is 2.39. The van der Waals surface area contributed by atoms with Crippen molar-refractivity contribution >= 4 is 46.4 Å². The molecule has 0 aliphatic rings. The Balaban J connectivity index is 2.30. The maximum absolute atomic E-state index is 11.4. The number of benzene rings is 2. The fourth-order valence-corrected chi connectivity index (χ4v) is 2.01. The summed E-state index contributed by atoms with van der Waals surface area (Å²) in [7, 11) is 0. The van der Waals surface area contributed by atoms with Crippen LogP contribution in [0.25, 0.3) is 11.1 Å². The molecule has 2 rings (SSSR count). The van der Waals surface area contributed by atoms with Gasteiger partial charge in [0.05, 0.1) is 0 Å². The van der Waals surface area contributed by atoms with Crippen LogP contribution in [0.15, 0.2) is 48.5 Å².